The van der Waals surface area contributed by atoms with Crippen molar-refractivity contribution in [1.29, 1.82) is 0 Å². The van der Waals surface area contributed by atoms with Gasteiger partial charge in [0, 0.05) is 19.1 Å². The second-order valence-electron chi connectivity index (χ2n) is 12.8. The van der Waals surface area contributed by atoms with Crippen LogP contribution in [0.25, 0.3) is 0 Å². The highest BCUT2D eigenvalue weighted by Gasteiger charge is 2.45. The summed E-state index contributed by atoms with van der Waals surface area (Å²) < 4.78 is 0. The molecule has 43 heavy (non-hydrogen) atoms. The van der Waals surface area contributed by atoms with E-state index in [0.717, 1.165) is 36.0 Å². The lowest BCUT2D eigenvalue weighted by molar-refractivity contribution is -0.144. The van der Waals surface area contributed by atoms with Gasteiger partial charge >= 0.3 is 0 Å². The molecule has 1 heterocycles. The van der Waals surface area contributed by atoms with Gasteiger partial charge in [0.05, 0.1) is 18.7 Å². The van der Waals surface area contributed by atoms with E-state index in [4.69, 9.17) is 0 Å². The fraction of sp³-hybridized carbons (Fsp3) is 0.545. The number of benzene rings is 2. The van der Waals surface area contributed by atoms with Crippen LogP contribution in [0.2, 0.25) is 0 Å². The maximum Gasteiger partial charge on any atom is 0.246 e. The van der Waals surface area contributed by atoms with Gasteiger partial charge in [0.1, 0.15) is 12.1 Å². The molecule has 1 fully saturated rings. The molecule has 2 aliphatic rings. The van der Waals surface area contributed by atoms with E-state index in [1.165, 1.54) is 5.56 Å². The molecule has 0 radical (unpaired) electrons. The number of likely N-dealkylation sites (tertiary alicyclic amines) is 1. The number of hydrogen-bond acceptors (Lipinski definition) is 6. The molecular formula is C33H48ClN5O4. The number of hydrogen-bond donors (Lipinski definition) is 5. The van der Waals surface area contributed by atoms with Crippen molar-refractivity contribution in [3.63, 3.8) is 0 Å². The van der Waals surface area contributed by atoms with Crippen molar-refractivity contribution in [3.05, 3.63) is 70.8 Å². The monoisotopic (exact) mass is 613 g/mol. The molecular weight excluding hydrogens is 566 g/mol. The smallest absolute Gasteiger partial charge is 0.246 e. The van der Waals surface area contributed by atoms with Gasteiger partial charge in [-0.1, -0.05) is 69.3 Å². The summed E-state index contributed by atoms with van der Waals surface area (Å²) in [6, 6.07) is 13.8. The Morgan fingerprint density at radius 2 is 1.72 bits per heavy atom. The number of likely N-dealkylation sites (N-methyl/N-ethyl adjacent to an activating group) is 1. The molecule has 3 amide bonds. The molecule has 0 unspecified atom stereocenters. The molecule has 0 aromatic heterocycles. The summed E-state index contributed by atoms with van der Waals surface area (Å²) in [5, 5.41) is 22.0. The van der Waals surface area contributed by atoms with E-state index in [2.05, 4.69) is 33.4 Å². The van der Waals surface area contributed by atoms with E-state index in [1.807, 2.05) is 57.2 Å². The summed E-state index contributed by atoms with van der Waals surface area (Å²) in [5.41, 5.74) is 3.74. The molecule has 0 saturated carbocycles. The minimum Gasteiger partial charge on any atom is -0.392 e. The van der Waals surface area contributed by atoms with Gasteiger partial charge in [-0.25, -0.2) is 0 Å². The van der Waals surface area contributed by atoms with Crippen LogP contribution < -0.4 is 21.3 Å². The number of carbonyl (C=O) groups excluding carboxylic acids is 3. The zero-order chi connectivity index (χ0) is 30.4. The molecule has 1 saturated heterocycles. The number of amides is 3. The highest BCUT2D eigenvalue weighted by molar-refractivity contribution is 5.94. The Morgan fingerprint density at radius 3 is 2.37 bits per heavy atom. The summed E-state index contributed by atoms with van der Waals surface area (Å²) >= 11 is 0. The first-order valence-electron chi connectivity index (χ1n) is 15.1. The van der Waals surface area contributed by atoms with Crippen molar-refractivity contribution in [2.24, 2.45) is 5.41 Å². The molecule has 10 heteroatoms. The molecule has 0 spiro atoms. The third-order valence-corrected chi connectivity index (χ3v) is 8.60. The Morgan fingerprint density at radius 1 is 1.05 bits per heavy atom. The standard InChI is InChI=1S/C33H47N5O4.ClH/c1-21(34-5)30(40)37-29(33(2,3)4)32(42)38-19-25(35-18-22-13-15-23(20-39)16-14-22)17-28(38)31(41)36-27-12-8-10-24-9-6-7-11-26(24)27;/h6-7,9,11,13-16,21,25,27-29,34-35,39H,8,10,12,17-20H2,1-5H3,(H,36,41)(H,37,40);1H/t21-,25-,27+,28-,29+;/m0./s1. The number of aliphatic hydroxyl groups excluding tert-OH is 1. The SMILES string of the molecule is CN[C@@H](C)C(=O)N[C@H](C(=O)N1C[C@@H](NCc2ccc(CO)cc2)C[C@H]1C(=O)N[C@@H]1CCCc2ccccc21)C(C)(C)C.Cl. The summed E-state index contributed by atoms with van der Waals surface area (Å²) in [6.45, 7) is 8.45. The Kier molecular flexibility index (Phi) is 12.2. The van der Waals surface area contributed by atoms with Gasteiger partial charge in [-0.15, -0.1) is 12.4 Å². The number of carbonyl (C=O) groups is 3. The zero-order valence-corrected chi connectivity index (χ0v) is 26.8. The van der Waals surface area contributed by atoms with E-state index < -0.39 is 23.5 Å². The zero-order valence-electron chi connectivity index (χ0n) is 26.0. The first-order chi connectivity index (χ1) is 20.0. The second-order valence-corrected chi connectivity index (χ2v) is 12.8. The molecule has 0 bridgehead atoms. The molecule has 1 aliphatic heterocycles. The summed E-state index contributed by atoms with van der Waals surface area (Å²) in [4.78, 5) is 42.6. The fourth-order valence-electron chi connectivity index (χ4n) is 5.89. The van der Waals surface area contributed by atoms with Crippen molar-refractivity contribution in [3.8, 4) is 0 Å². The van der Waals surface area contributed by atoms with E-state index in [1.54, 1.807) is 18.9 Å². The topological polar surface area (TPSA) is 123 Å². The largest absolute Gasteiger partial charge is 0.392 e. The molecule has 5 atom stereocenters. The number of aliphatic hydroxyl groups is 1. The van der Waals surface area contributed by atoms with Crippen LogP contribution in [0, 0.1) is 5.41 Å². The first-order valence-corrected chi connectivity index (χ1v) is 15.1. The minimum atomic E-state index is -0.795. The maximum atomic E-state index is 14.2. The maximum absolute atomic E-state index is 14.2. The summed E-state index contributed by atoms with van der Waals surface area (Å²) in [7, 11) is 1.70. The first kappa shape index (κ1) is 34.5. The van der Waals surface area contributed by atoms with Crippen molar-refractivity contribution < 1.29 is 19.5 Å². The van der Waals surface area contributed by atoms with E-state index >= 15 is 0 Å². The van der Waals surface area contributed by atoms with E-state index in [0.29, 0.717) is 19.5 Å². The van der Waals surface area contributed by atoms with Gasteiger partial charge in [0.15, 0.2) is 0 Å². The Labute approximate surface area is 262 Å². The highest BCUT2D eigenvalue weighted by atomic mass is 35.5. The highest BCUT2D eigenvalue weighted by Crippen LogP contribution is 2.31. The molecule has 5 N–H and O–H groups in total. The quantitative estimate of drug-likeness (QED) is 0.281. The second kappa shape index (κ2) is 15.1. The number of nitrogens with one attached hydrogen (secondary N) is 4. The van der Waals surface area contributed by atoms with E-state index in [9.17, 15) is 19.5 Å². The fourth-order valence-corrected chi connectivity index (χ4v) is 5.89. The van der Waals surface area contributed by atoms with Crippen molar-refractivity contribution >= 4 is 30.1 Å². The number of halogens is 1. The number of nitrogens with zero attached hydrogens (tertiary/aromatic N) is 1. The number of aryl methyl sites for hydroxylation is 1. The minimum absolute atomic E-state index is 0. The average molecular weight is 614 g/mol. The third kappa shape index (κ3) is 8.56. The van der Waals surface area contributed by atoms with Crippen molar-refractivity contribution in [2.75, 3.05) is 13.6 Å². The van der Waals surface area contributed by atoms with Gasteiger partial charge in [0.2, 0.25) is 17.7 Å². The lowest BCUT2D eigenvalue weighted by Crippen LogP contribution is -2.59. The van der Waals surface area contributed by atoms with Gasteiger partial charge in [0.25, 0.3) is 0 Å². The van der Waals surface area contributed by atoms with Crippen LogP contribution in [0.15, 0.2) is 48.5 Å². The average Bonchev–Trinajstić information content (AvgIpc) is 3.42. The predicted octanol–water partition coefficient (Wildman–Crippen LogP) is 2.99. The molecule has 1 aliphatic carbocycles. The molecule has 236 valence electrons. The number of fused-ring (bicyclic) bond motifs is 1. The van der Waals surface area contributed by atoms with Crippen LogP contribution in [0.1, 0.15) is 75.3 Å². The number of rotatable bonds is 10. The Balaban J connectivity index is 0.00000506. The van der Waals surface area contributed by atoms with Crippen molar-refractivity contribution in [2.45, 2.75) is 96.7 Å². The molecule has 2 aromatic rings. The molecule has 9 nitrogen and oxygen atoms in total. The van der Waals surface area contributed by atoms with Crippen LogP contribution in [0.3, 0.4) is 0 Å². The lowest BCUT2D eigenvalue weighted by Gasteiger charge is -2.36. The Hall–Kier alpha value is -2.98. The molecule has 4 rings (SSSR count). The van der Waals surface area contributed by atoms with Crippen LogP contribution in [0.4, 0.5) is 0 Å². The predicted molar refractivity (Wildman–Crippen MR) is 171 cm³/mol. The van der Waals surface area contributed by atoms with E-state index in [-0.39, 0.29) is 48.8 Å². The third-order valence-electron chi connectivity index (χ3n) is 8.60. The van der Waals surface area contributed by atoms with Crippen LogP contribution >= 0.6 is 12.4 Å². The van der Waals surface area contributed by atoms with Gasteiger partial charge < -0.3 is 31.3 Å². The van der Waals surface area contributed by atoms with Gasteiger partial charge in [-0.05, 0) is 67.3 Å². The van der Waals surface area contributed by atoms with Crippen molar-refractivity contribution in [1.82, 2.24) is 26.2 Å². The van der Waals surface area contributed by atoms with Gasteiger partial charge in [-0.2, -0.15) is 0 Å². The van der Waals surface area contributed by atoms with Crippen LogP contribution in [-0.2, 0) is 34.0 Å². The summed E-state index contributed by atoms with van der Waals surface area (Å²) in [6.07, 6.45) is 3.33. The molecule has 2 aromatic carbocycles. The Bertz CT molecular complexity index is 1250. The normalized spacial score (nSPS) is 21.3. The lowest BCUT2D eigenvalue weighted by atomic mass is 9.85. The summed E-state index contributed by atoms with van der Waals surface area (Å²) in [5.74, 6) is -0.671. The van der Waals surface area contributed by atoms with Crippen LogP contribution in [0.5, 0.6) is 0 Å². The van der Waals surface area contributed by atoms with Gasteiger partial charge in [-0.3, -0.25) is 14.4 Å². The van der Waals surface area contributed by atoms with Crippen LogP contribution in [-0.4, -0.2) is 65.5 Å².